The van der Waals surface area contributed by atoms with Crippen molar-refractivity contribution in [2.75, 3.05) is 11.9 Å². The summed E-state index contributed by atoms with van der Waals surface area (Å²) in [6.45, 7) is 0.185. The van der Waals surface area contributed by atoms with Gasteiger partial charge in [-0.3, -0.25) is 14.4 Å². The van der Waals surface area contributed by atoms with Gasteiger partial charge in [0.25, 0.3) is 0 Å². The van der Waals surface area contributed by atoms with E-state index >= 15 is 0 Å². The first-order valence-corrected chi connectivity index (χ1v) is 6.24. The molecule has 0 aliphatic heterocycles. The molecular formula is C13H18N4O4. The maximum absolute atomic E-state index is 11.7. The number of hydrogen-bond acceptors (Lipinski definition) is 5. The molecule has 7 N–H and O–H groups in total. The summed E-state index contributed by atoms with van der Waals surface area (Å²) in [5.41, 5.74) is 16.0. The molecule has 3 amide bonds. The largest absolute Gasteiger partial charge is 0.493 e. The van der Waals surface area contributed by atoms with E-state index in [9.17, 15) is 14.4 Å². The van der Waals surface area contributed by atoms with Gasteiger partial charge in [0.15, 0.2) is 0 Å². The zero-order valence-corrected chi connectivity index (χ0v) is 11.4. The highest BCUT2D eigenvalue weighted by Gasteiger charge is 2.15. The predicted molar refractivity (Wildman–Crippen MR) is 76.2 cm³/mol. The van der Waals surface area contributed by atoms with E-state index in [-0.39, 0.29) is 19.4 Å². The molecule has 0 spiro atoms. The summed E-state index contributed by atoms with van der Waals surface area (Å²) in [6.07, 6.45) is -0.0966. The first-order valence-electron chi connectivity index (χ1n) is 6.24. The molecule has 21 heavy (non-hydrogen) atoms. The second-order valence-electron chi connectivity index (χ2n) is 4.36. The van der Waals surface area contributed by atoms with E-state index in [4.69, 9.17) is 21.9 Å². The number of nitrogens with two attached hydrogens (primary N) is 3. The Balaban J connectivity index is 2.48. The fraction of sp³-hybridized carbons (Fsp3) is 0.308. The van der Waals surface area contributed by atoms with Crippen LogP contribution in [0.2, 0.25) is 0 Å². The average Bonchev–Trinajstić information content (AvgIpc) is 2.39. The standard InChI is InChI=1S/C13H18N4O4/c14-10(7-12(16)19)13(20)17-8-1-3-9(4-2-8)21-6-5-11(15)18/h1-4,10H,5-7,14H2,(H2,15,18)(H2,16,19)(H,17,20). The Hall–Kier alpha value is -2.61. The van der Waals surface area contributed by atoms with Crippen LogP contribution in [0.4, 0.5) is 5.69 Å². The fourth-order valence-corrected chi connectivity index (χ4v) is 1.45. The molecule has 8 heteroatoms. The number of rotatable bonds is 8. The van der Waals surface area contributed by atoms with Crippen LogP contribution in [0.1, 0.15) is 12.8 Å². The molecule has 114 valence electrons. The van der Waals surface area contributed by atoms with Crippen LogP contribution in [0.25, 0.3) is 0 Å². The van der Waals surface area contributed by atoms with Gasteiger partial charge in [-0.15, -0.1) is 0 Å². The van der Waals surface area contributed by atoms with Gasteiger partial charge in [0, 0.05) is 5.69 Å². The highest BCUT2D eigenvalue weighted by molar-refractivity contribution is 5.97. The minimum absolute atomic E-state index is 0.125. The number of benzene rings is 1. The van der Waals surface area contributed by atoms with Crippen LogP contribution in [0.15, 0.2) is 24.3 Å². The van der Waals surface area contributed by atoms with E-state index in [1.165, 1.54) is 0 Å². The Labute approximate surface area is 121 Å². The van der Waals surface area contributed by atoms with Gasteiger partial charge in [-0.2, -0.15) is 0 Å². The van der Waals surface area contributed by atoms with Gasteiger partial charge in [-0.25, -0.2) is 0 Å². The zero-order chi connectivity index (χ0) is 15.8. The third-order valence-corrected chi connectivity index (χ3v) is 2.50. The Morgan fingerprint density at radius 3 is 2.24 bits per heavy atom. The number of hydrogen-bond donors (Lipinski definition) is 4. The van der Waals surface area contributed by atoms with Crippen molar-refractivity contribution in [2.45, 2.75) is 18.9 Å². The number of carbonyl (C=O) groups is 3. The number of ether oxygens (including phenoxy) is 1. The summed E-state index contributed by atoms with van der Waals surface area (Å²) in [4.78, 5) is 32.9. The van der Waals surface area contributed by atoms with Gasteiger partial charge in [0.05, 0.1) is 25.5 Å². The molecule has 1 aromatic carbocycles. The summed E-state index contributed by atoms with van der Waals surface area (Å²) >= 11 is 0. The molecule has 0 aliphatic rings. The molecule has 0 bridgehead atoms. The summed E-state index contributed by atoms with van der Waals surface area (Å²) in [5, 5.41) is 2.55. The third kappa shape index (κ3) is 6.39. The molecule has 8 nitrogen and oxygen atoms in total. The molecule has 1 aromatic rings. The predicted octanol–water partition coefficient (Wildman–Crippen LogP) is -0.918. The Bertz CT molecular complexity index is 515. The van der Waals surface area contributed by atoms with Crippen molar-refractivity contribution in [3.05, 3.63) is 24.3 Å². The number of carbonyl (C=O) groups excluding carboxylic acids is 3. The quantitative estimate of drug-likeness (QED) is 0.489. The van der Waals surface area contributed by atoms with Crippen LogP contribution in [0.3, 0.4) is 0 Å². The van der Waals surface area contributed by atoms with Crippen molar-refractivity contribution in [1.82, 2.24) is 0 Å². The van der Waals surface area contributed by atoms with Gasteiger partial charge < -0.3 is 27.3 Å². The zero-order valence-electron chi connectivity index (χ0n) is 11.4. The molecule has 1 atom stereocenters. The average molecular weight is 294 g/mol. The summed E-state index contributed by atoms with van der Waals surface area (Å²) in [5.74, 6) is -1.05. The van der Waals surface area contributed by atoms with E-state index < -0.39 is 23.8 Å². The number of primary amides is 2. The summed E-state index contributed by atoms with van der Waals surface area (Å²) < 4.78 is 5.28. The minimum Gasteiger partial charge on any atom is -0.493 e. The van der Waals surface area contributed by atoms with Crippen LogP contribution < -0.4 is 27.3 Å². The van der Waals surface area contributed by atoms with E-state index in [1.54, 1.807) is 24.3 Å². The van der Waals surface area contributed by atoms with Crippen molar-refractivity contribution in [3.63, 3.8) is 0 Å². The molecule has 0 heterocycles. The Kier molecular flexibility index (Phi) is 6.15. The second kappa shape index (κ2) is 7.85. The molecule has 0 aromatic heterocycles. The maximum Gasteiger partial charge on any atom is 0.241 e. The molecule has 0 saturated heterocycles. The van der Waals surface area contributed by atoms with Crippen LogP contribution in [-0.2, 0) is 14.4 Å². The molecule has 0 aliphatic carbocycles. The van der Waals surface area contributed by atoms with Gasteiger partial charge >= 0.3 is 0 Å². The lowest BCUT2D eigenvalue weighted by atomic mass is 10.2. The first-order chi connectivity index (χ1) is 9.88. The van der Waals surface area contributed by atoms with E-state index in [2.05, 4.69) is 5.32 Å². The van der Waals surface area contributed by atoms with Crippen LogP contribution in [0.5, 0.6) is 5.75 Å². The molecule has 1 rings (SSSR count). The first kappa shape index (κ1) is 16.4. The highest BCUT2D eigenvalue weighted by atomic mass is 16.5. The van der Waals surface area contributed by atoms with Crippen molar-refractivity contribution < 1.29 is 19.1 Å². The maximum atomic E-state index is 11.7. The number of anilines is 1. The van der Waals surface area contributed by atoms with Crippen molar-refractivity contribution in [3.8, 4) is 5.75 Å². The second-order valence-corrected chi connectivity index (χ2v) is 4.36. The van der Waals surface area contributed by atoms with Crippen LogP contribution in [0, 0.1) is 0 Å². The minimum atomic E-state index is -0.992. The summed E-state index contributed by atoms with van der Waals surface area (Å²) in [7, 11) is 0. The topological polar surface area (TPSA) is 151 Å². The smallest absolute Gasteiger partial charge is 0.241 e. The monoisotopic (exact) mass is 294 g/mol. The van der Waals surface area contributed by atoms with Crippen molar-refractivity contribution in [1.29, 1.82) is 0 Å². The lowest BCUT2D eigenvalue weighted by Crippen LogP contribution is -2.38. The van der Waals surface area contributed by atoms with E-state index in [1.807, 2.05) is 0 Å². The van der Waals surface area contributed by atoms with Gasteiger partial charge in [0.1, 0.15) is 5.75 Å². The van der Waals surface area contributed by atoms with Crippen LogP contribution in [-0.4, -0.2) is 30.4 Å². The lowest BCUT2D eigenvalue weighted by molar-refractivity contribution is -0.123. The Morgan fingerprint density at radius 1 is 1.10 bits per heavy atom. The van der Waals surface area contributed by atoms with E-state index in [0.717, 1.165) is 0 Å². The van der Waals surface area contributed by atoms with Crippen molar-refractivity contribution in [2.24, 2.45) is 17.2 Å². The molecular weight excluding hydrogens is 276 g/mol. The highest BCUT2D eigenvalue weighted by Crippen LogP contribution is 2.16. The summed E-state index contributed by atoms with van der Waals surface area (Å²) in [6, 6.07) is 5.46. The normalized spacial score (nSPS) is 11.5. The van der Waals surface area contributed by atoms with Gasteiger partial charge in [0.2, 0.25) is 17.7 Å². The fourth-order valence-electron chi connectivity index (χ4n) is 1.45. The van der Waals surface area contributed by atoms with Crippen molar-refractivity contribution >= 4 is 23.4 Å². The van der Waals surface area contributed by atoms with Gasteiger partial charge in [-0.05, 0) is 24.3 Å². The van der Waals surface area contributed by atoms with E-state index in [0.29, 0.717) is 11.4 Å². The number of amides is 3. The number of nitrogens with one attached hydrogen (secondary N) is 1. The molecule has 0 saturated carbocycles. The SMILES string of the molecule is NC(=O)CCOc1ccc(NC(=O)C(N)CC(N)=O)cc1. The lowest BCUT2D eigenvalue weighted by Gasteiger charge is -2.11. The molecule has 0 fully saturated rings. The molecule has 0 radical (unpaired) electrons. The molecule has 1 unspecified atom stereocenters. The Morgan fingerprint density at radius 2 is 1.71 bits per heavy atom. The van der Waals surface area contributed by atoms with Gasteiger partial charge in [-0.1, -0.05) is 0 Å². The van der Waals surface area contributed by atoms with Crippen LogP contribution >= 0.6 is 0 Å². The third-order valence-electron chi connectivity index (χ3n) is 2.50.